The van der Waals surface area contributed by atoms with Crippen LogP contribution < -0.4 is 4.90 Å². The van der Waals surface area contributed by atoms with Crippen molar-refractivity contribution in [3.8, 4) is 0 Å². The molecule has 6 heteroatoms. The number of ether oxygens (including phenoxy) is 1. The lowest BCUT2D eigenvalue weighted by Gasteiger charge is -2.31. The molecule has 1 aliphatic rings. The summed E-state index contributed by atoms with van der Waals surface area (Å²) in [6.07, 6.45) is 4.00. The van der Waals surface area contributed by atoms with Gasteiger partial charge in [0.15, 0.2) is 0 Å². The Bertz CT molecular complexity index is 895. The summed E-state index contributed by atoms with van der Waals surface area (Å²) in [4.78, 5) is 25.8. The van der Waals surface area contributed by atoms with Gasteiger partial charge in [0.2, 0.25) is 5.91 Å². The minimum atomic E-state index is -0.996. The number of methoxy groups -OCH3 is 1. The van der Waals surface area contributed by atoms with Gasteiger partial charge in [0.25, 0.3) is 0 Å². The zero-order valence-corrected chi connectivity index (χ0v) is 18.2. The van der Waals surface area contributed by atoms with Crippen molar-refractivity contribution in [2.45, 2.75) is 63.7 Å². The number of carbonyl (C=O) groups is 2. The molecule has 1 saturated heterocycles. The third kappa shape index (κ3) is 5.32. The molecule has 0 aliphatic carbocycles. The zero-order chi connectivity index (χ0) is 22.4. The van der Waals surface area contributed by atoms with Crippen LogP contribution in [0.25, 0.3) is 0 Å². The van der Waals surface area contributed by atoms with E-state index in [0.29, 0.717) is 12.8 Å². The van der Waals surface area contributed by atoms with E-state index < -0.39 is 18.2 Å². The van der Waals surface area contributed by atoms with Crippen LogP contribution in [-0.2, 0) is 9.53 Å². The molecule has 166 valence electrons. The molecule has 0 spiro atoms. The van der Waals surface area contributed by atoms with E-state index >= 15 is 0 Å². The number of aliphatic hydroxyl groups is 1. The second-order valence-corrected chi connectivity index (χ2v) is 8.06. The van der Waals surface area contributed by atoms with Gasteiger partial charge in [-0.3, -0.25) is 4.79 Å². The molecule has 31 heavy (non-hydrogen) atoms. The van der Waals surface area contributed by atoms with Gasteiger partial charge in [-0.15, -0.1) is 0 Å². The van der Waals surface area contributed by atoms with Crippen LogP contribution in [0.1, 0.15) is 79.1 Å². The number of rotatable bonds is 10. The first kappa shape index (κ1) is 23.0. The molecule has 1 heterocycles. The molecule has 3 rings (SSSR count). The molecule has 2 aromatic rings. The normalized spacial score (nSPS) is 18.2. The second kappa shape index (κ2) is 10.6. The Hall–Kier alpha value is -2.70. The summed E-state index contributed by atoms with van der Waals surface area (Å²) in [5, 5.41) is 19.7. The van der Waals surface area contributed by atoms with Crippen LogP contribution in [0.5, 0.6) is 0 Å². The number of unbranched alkanes of at least 4 members (excludes halogenated alkanes) is 2. The van der Waals surface area contributed by atoms with Crippen LogP contribution in [0.4, 0.5) is 5.69 Å². The van der Waals surface area contributed by atoms with E-state index in [4.69, 9.17) is 4.74 Å². The molecule has 0 radical (unpaired) electrons. The Labute approximate surface area is 183 Å². The number of hydrogen-bond donors (Lipinski definition) is 2. The number of carboxylic acids is 1. The molecule has 0 aromatic heterocycles. The van der Waals surface area contributed by atoms with Crippen LogP contribution in [0.15, 0.2) is 48.5 Å². The second-order valence-electron chi connectivity index (χ2n) is 8.06. The van der Waals surface area contributed by atoms with Gasteiger partial charge in [0.05, 0.1) is 17.7 Å². The number of carboxylic acid groups (broad SMARTS) is 1. The molecule has 3 atom stereocenters. The molecule has 1 fully saturated rings. The fourth-order valence-corrected chi connectivity index (χ4v) is 4.30. The molecule has 0 saturated carbocycles. The minimum Gasteiger partial charge on any atom is -0.478 e. The van der Waals surface area contributed by atoms with Crippen molar-refractivity contribution in [1.29, 1.82) is 0 Å². The van der Waals surface area contributed by atoms with Gasteiger partial charge in [-0.1, -0.05) is 50.5 Å². The summed E-state index contributed by atoms with van der Waals surface area (Å²) in [5.41, 5.74) is 2.53. The maximum absolute atomic E-state index is 12.7. The summed E-state index contributed by atoms with van der Waals surface area (Å²) < 4.78 is 5.75. The first-order chi connectivity index (χ1) is 15.0. The topological polar surface area (TPSA) is 87.1 Å². The van der Waals surface area contributed by atoms with Gasteiger partial charge in [-0.05, 0) is 48.2 Å². The van der Waals surface area contributed by atoms with Crippen molar-refractivity contribution >= 4 is 17.6 Å². The van der Waals surface area contributed by atoms with Crippen molar-refractivity contribution < 1.29 is 24.5 Å². The smallest absolute Gasteiger partial charge is 0.335 e. The van der Waals surface area contributed by atoms with Crippen molar-refractivity contribution in [2.24, 2.45) is 0 Å². The molecular formula is C25H31NO5. The van der Waals surface area contributed by atoms with E-state index in [0.717, 1.165) is 42.5 Å². The summed E-state index contributed by atoms with van der Waals surface area (Å²) in [5.74, 6) is -0.984. The van der Waals surface area contributed by atoms with Crippen LogP contribution in [0, 0.1) is 0 Å². The van der Waals surface area contributed by atoms with Crippen molar-refractivity contribution in [3.63, 3.8) is 0 Å². The minimum absolute atomic E-state index is 0.0117. The van der Waals surface area contributed by atoms with E-state index in [1.807, 2.05) is 30.3 Å². The lowest BCUT2D eigenvalue weighted by Crippen LogP contribution is -2.38. The van der Waals surface area contributed by atoms with E-state index in [2.05, 4.69) is 6.92 Å². The Balaban J connectivity index is 1.82. The van der Waals surface area contributed by atoms with Gasteiger partial charge >= 0.3 is 5.97 Å². The van der Waals surface area contributed by atoms with E-state index in [1.165, 1.54) is 0 Å². The standard InChI is InChI=1S/C25H31NO5/c1-3-4-5-9-22(27)17-10-12-20(13-11-17)26-21(14-15-23(26)28)24(31-2)18-7-6-8-19(16-18)25(29)30/h6-8,10-13,16,21-22,24,27H,3-5,9,14-15H2,1-2H3,(H,29,30)/t21?,22?,24-/m1/s1. The van der Waals surface area contributed by atoms with E-state index in [-0.39, 0.29) is 17.5 Å². The molecule has 6 nitrogen and oxygen atoms in total. The summed E-state index contributed by atoms with van der Waals surface area (Å²) in [7, 11) is 1.58. The highest BCUT2D eigenvalue weighted by Gasteiger charge is 2.38. The van der Waals surface area contributed by atoms with Crippen molar-refractivity contribution in [1.82, 2.24) is 0 Å². The Morgan fingerprint density at radius 1 is 1.16 bits per heavy atom. The molecule has 2 unspecified atom stereocenters. The monoisotopic (exact) mass is 425 g/mol. The number of nitrogens with zero attached hydrogens (tertiary/aromatic N) is 1. The fourth-order valence-electron chi connectivity index (χ4n) is 4.30. The van der Waals surface area contributed by atoms with E-state index in [9.17, 15) is 19.8 Å². The highest BCUT2D eigenvalue weighted by Crippen LogP contribution is 2.36. The quantitative estimate of drug-likeness (QED) is 0.530. The third-order valence-electron chi connectivity index (χ3n) is 5.96. The van der Waals surface area contributed by atoms with Crippen LogP contribution in [-0.4, -0.2) is 35.2 Å². The largest absolute Gasteiger partial charge is 0.478 e. The maximum atomic E-state index is 12.7. The number of benzene rings is 2. The highest BCUT2D eigenvalue weighted by atomic mass is 16.5. The summed E-state index contributed by atoms with van der Waals surface area (Å²) in [6, 6.07) is 13.9. The first-order valence-electron chi connectivity index (χ1n) is 10.9. The molecule has 1 aliphatic heterocycles. The number of carbonyl (C=O) groups excluding carboxylic acids is 1. The number of anilines is 1. The summed E-state index contributed by atoms with van der Waals surface area (Å²) in [6.45, 7) is 2.13. The number of aliphatic hydroxyl groups excluding tert-OH is 1. The van der Waals surface area contributed by atoms with E-state index in [1.54, 1.807) is 30.2 Å². The van der Waals surface area contributed by atoms with Gasteiger partial charge in [-0.25, -0.2) is 4.79 Å². The van der Waals surface area contributed by atoms with Crippen LogP contribution in [0.3, 0.4) is 0 Å². The highest BCUT2D eigenvalue weighted by molar-refractivity contribution is 5.96. The number of hydrogen-bond acceptors (Lipinski definition) is 4. The Kier molecular flexibility index (Phi) is 7.82. The predicted molar refractivity (Wildman–Crippen MR) is 119 cm³/mol. The number of amides is 1. The maximum Gasteiger partial charge on any atom is 0.335 e. The first-order valence-corrected chi connectivity index (χ1v) is 10.9. The predicted octanol–water partition coefficient (Wildman–Crippen LogP) is 4.88. The lowest BCUT2D eigenvalue weighted by molar-refractivity contribution is -0.117. The molecule has 0 bridgehead atoms. The Morgan fingerprint density at radius 2 is 1.90 bits per heavy atom. The molecular weight excluding hydrogens is 394 g/mol. The SMILES string of the molecule is CCCCCC(O)c1ccc(N2C(=O)CCC2[C@H](OC)c2cccc(C(=O)O)c2)cc1. The van der Waals surface area contributed by atoms with Gasteiger partial charge in [0.1, 0.15) is 6.10 Å². The molecule has 1 amide bonds. The van der Waals surface area contributed by atoms with Crippen molar-refractivity contribution in [3.05, 3.63) is 65.2 Å². The zero-order valence-electron chi connectivity index (χ0n) is 18.2. The van der Waals surface area contributed by atoms with Crippen LogP contribution >= 0.6 is 0 Å². The molecule has 2 aromatic carbocycles. The van der Waals surface area contributed by atoms with Gasteiger partial charge in [-0.2, -0.15) is 0 Å². The van der Waals surface area contributed by atoms with Gasteiger partial charge in [0, 0.05) is 19.2 Å². The van der Waals surface area contributed by atoms with Crippen LogP contribution in [0.2, 0.25) is 0 Å². The van der Waals surface area contributed by atoms with Crippen molar-refractivity contribution in [2.75, 3.05) is 12.0 Å². The summed E-state index contributed by atoms with van der Waals surface area (Å²) >= 11 is 0. The average molecular weight is 426 g/mol. The van der Waals surface area contributed by atoms with Gasteiger partial charge < -0.3 is 19.8 Å². The molecule has 2 N–H and O–H groups in total. The average Bonchev–Trinajstić information content (AvgIpc) is 3.15. The lowest BCUT2D eigenvalue weighted by atomic mass is 9.97. The fraction of sp³-hybridized carbons (Fsp3) is 0.440. The third-order valence-corrected chi connectivity index (χ3v) is 5.96. The number of aromatic carboxylic acids is 1. The Morgan fingerprint density at radius 3 is 2.55 bits per heavy atom.